The Morgan fingerprint density at radius 3 is 2.60 bits per heavy atom. The van der Waals surface area contributed by atoms with Gasteiger partial charge in [-0.05, 0) is 42.3 Å². The highest BCUT2D eigenvalue weighted by Gasteiger charge is 2.10. The Hall–Kier alpha value is -2.04. The Labute approximate surface area is 156 Å². The first kappa shape index (κ1) is 21.0. The molecule has 0 spiro atoms. The molecule has 1 amide bonds. The average molecular weight is 363 g/mol. The van der Waals surface area contributed by atoms with E-state index >= 15 is 0 Å². The Balaban J connectivity index is 0.00000312. The molecule has 0 saturated heterocycles. The highest BCUT2D eigenvalue weighted by Crippen LogP contribution is 2.18. The molecule has 0 heterocycles. The summed E-state index contributed by atoms with van der Waals surface area (Å²) in [6, 6.07) is 15.1. The lowest BCUT2D eigenvalue weighted by Gasteiger charge is -2.13. The standard InChI is InChI=1S/C20H26N2O2.ClH/c1-4-21-13-17-8-5-6-11-19(17)22-20(23)16-9-7-10-18(12-16)24-14-15(2)3;/h5-12,15,21H,4,13-14H2,1-3H3,(H,22,23);1H. The van der Waals surface area contributed by atoms with Crippen molar-refractivity contribution in [3.05, 3.63) is 59.7 Å². The van der Waals surface area contributed by atoms with Crippen LogP contribution in [0.5, 0.6) is 5.75 Å². The van der Waals surface area contributed by atoms with E-state index in [1.54, 1.807) is 12.1 Å². The second-order valence-corrected chi connectivity index (χ2v) is 6.12. The highest BCUT2D eigenvalue weighted by atomic mass is 35.5. The second-order valence-electron chi connectivity index (χ2n) is 6.12. The van der Waals surface area contributed by atoms with Crippen LogP contribution in [0, 0.1) is 5.92 Å². The molecule has 0 saturated carbocycles. The van der Waals surface area contributed by atoms with Gasteiger partial charge < -0.3 is 15.4 Å². The molecule has 2 rings (SSSR count). The van der Waals surface area contributed by atoms with Crippen molar-refractivity contribution < 1.29 is 9.53 Å². The zero-order valence-electron chi connectivity index (χ0n) is 15.0. The van der Waals surface area contributed by atoms with Crippen molar-refractivity contribution in [3.63, 3.8) is 0 Å². The van der Waals surface area contributed by atoms with E-state index in [1.165, 1.54) is 0 Å². The largest absolute Gasteiger partial charge is 0.493 e. The summed E-state index contributed by atoms with van der Waals surface area (Å²) >= 11 is 0. The maximum atomic E-state index is 12.5. The van der Waals surface area contributed by atoms with Gasteiger partial charge in [-0.3, -0.25) is 4.79 Å². The summed E-state index contributed by atoms with van der Waals surface area (Å²) in [6.45, 7) is 8.50. The van der Waals surface area contributed by atoms with Crippen LogP contribution in [0.15, 0.2) is 48.5 Å². The normalized spacial score (nSPS) is 10.2. The lowest BCUT2D eigenvalue weighted by atomic mass is 10.1. The summed E-state index contributed by atoms with van der Waals surface area (Å²) in [6.07, 6.45) is 0. The highest BCUT2D eigenvalue weighted by molar-refractivity contribution is 6.04. The third-order valence-corrected chi connectivity index (χ3v) is 3.51. The first-order valence-corrected chi connectivity index (χ1v) is 8.43. The second kappa shape index (κ2) is 10.7. The molecule has 2 N–H and O–H groups in total. The molecule has 2 aromatic carbocycles. The molecule has 0 fully saturated rings. The molecule has 4 nitrogen and oxygen atoms in total. The predicted octanol–water partition coefficient (Wildman–Crippen LogP) is 4.51. The molecule has 25 heavy (non-hydrogen) atoms. The average Bonchev–Trinajstić information content (AvgIpc) is 2.59. The van der Waals surface area contributed by atoms with Crippen LogP contribution in [0.25, 0.3) is 0 Å². The van der Waals surface area contributed by atoms with Gasteiger partial charge in [-0.1, -0.05) is 45.0 Å². The number of ether oxygens (including phenoxy) is 1. The third kappa shape index (κ3) is 6.77. The molecule has 0 radical (unpaired) electrons. The fraction of sp³-hybridized carbons (Fsp3) is 0.350. The van der Waals surface area contributed by atoms with Gasteiger partial charge in [0.05, 0.1) is 6.61 Å². The quantitative estimate of drug-likeness (QED) is 0.726. The number of hydrogen-bond donors (Lipinski definition) is 2. The zero-order chi connectivity index (χ0) is 17.4. The number of halogens is 1. The SMILES string of the molecule is CCNCc1ccccc1NC(=O)c1cccc(OCC(C)C)c1.Cl. The monoisotopic (exact) mass is 362 g/mol. The summed E-state index contributed by atoms with van der Waals surface area (Å²) in [5, 5.41) is 6.28. The van der Waals surface area contributed by atoms with E-state index in [0.717, 1.165) is 30.1 Å². The molecule has 0 atom stereocenters. The van der Waals surface area contributed by atoms with Crippen LogP contribution in [0.4, 0.5) is 5.69 Å². The van der Waals surface area contributed by atoms with Gasteiger partial charge in [0.15, 0.2) is 0 Å². The van der Waals surface area contributed by atoms with E-state index in [-0.39, 0.29) is 18.3 Å². The first-order chi connectivity index (χ1) is 11.6. The summed E-state index contributed by atoms with van der Waals surface area (Å²) in [5.74, 6) is 1.03. The van der Waals surface area contributed by atoms with Crippen LogP contribution < -0.4 is 15.4 Å². The molecule has 136 valence electrons. The molecule has 0 unspecified atom stereocenters. The molecule has 0 aliphatic heterocycles. The van der Waals surface area contributed by atoms with E-state index in [0.29, 0.717) is 18.1 Å². The van der Waals surface area contributed by atoms with Gasteiger partial charge in [-0.2, -0.15) is 0 Å². The zero-order valence-corrected chi connectivity index (χ0v) is 15.9. The van der Waals surface area contributed by atoms with Crippen LogP contribution in [-0.4, -0.2) is 19.1 Å². The molecule has 2 aromatic rings. The van der Waals surface area contributed by atoms with E-state index in [1.807, 2.05) is 36.4 Å². The van der Waals surface area contributed by atoms with E-state index in [4.69, 9.17) is 4.74 Å². The van der Waals surface area contributed by atoms with E-state index < -0.39 is 0 Å². The van der Waals surface area contributed by atoms with Crippen LogP contribution in [-0.2, 0) is 6.54 Å². The topological polar surface area (TPSA) is 50.4 Å². The van der Waals surface area contributed by atoms with Gasteiger partial charge in [-0.25, -0.2) is 0 Å². The van der Waals surface area contributed by atoms with Crippen molar-refractivity contribution in [1.82, 2.24) is 5.32 Å². The van der Waals surface area contributed by atoms with E-state index in [9.17, 15) is 4.79 Å². The van der Waals surface area contributed by atoms with Crippen LogP contribution >= 0.6 is 12.4 Å². The Bertz CT molecular complexity index is 674. The number of amides is 1. The molecule has 0 aliphatic rings. The Kier molecular flexibility index (Phi) is 9.03. The number of para-hydroxylation sites is 1. The van der Waals surface area contributed by atoms with E-state index in [2.05, 4.69) is 31.4 Å². The number of nitrogens with one attached hydrogen (secondary N) is 2. The molecular weight excluding hydrogens is 336 g/mol. The van der Waals surface area contributed by atoms with Gasteiger partial charge in [0.1, 0.15) is 5.75 Å². The Morgan fingerprint density at radius 2 is 1.88 bits per heavy atom. The number of anilines is 1. The molecule has 0 aliphatic carbocycles. The summed E-state index contributed by atoms with van der Waals surface area (Å²) < 4.78 is 5.70. The smallest absolute Gasteiger partial charge is 0.255 e. The lowest BCUT2D eigenvalue weighted by molar-refractivity contribution is 0.102. The van der Waals surface area contributed by atoms with Crippen LogP contribution in [0.3, 0.4) is 0 Å². The van der Waals surface area contributed by atoms with Crippen molar-refractivity contribution in [2.75, 3.05) is 18.5 Å². The molecule has 0 bridgehead atoms. The van der Waals surface area contributed by atoms with Crippen LogP contribution in [0.1, 0.15) is 36.7 Å². The van der Waals surface area contributed by atoms with Crippen molar-refractivity contribution in [1.29, 1.82) is 0 Å². The van der Waals surface area contributed by atoms with Crippen molar-refractivity contribution in [2.24, 2.45) is 5.92 Å². The van der Waals surface area contributed by atoms with Gasteiger partial charge in [0, 0.05) is 17.8 Å². The molecular formula is C20H27ClN2O2. The third-order valence-electron chi connectivity index (χ3n) is 3.51. The summed E-state index contributed by atoms with van der Waals surface area (Å²) in [5.41, 5.74) is 2.49. The van der Waals surface area contributed by atoms with Gasteiger partial charge in [0.25, 0.3) is 5.91 Å². The maximum Gasteiger partial charge on any atom is 0.255 e. The predicted molar refractivity (Wildman–Crippen MR) is 106 cm³/mol. The van der Waals surface area contributed by atoms with Gasteiger partial charge in [0.2, 0.25) is 0 Å². The number of rotatable bonds is 8. The minimum atomic E-state index is -0.131. The minimum Gasteiger partial charge on any atom is -0.493 e. The van der Waals surface area contributed by atoms with Crippen molar-refractivity contribution in [2.45, 2.75) is 27.3 Å². The number of carbonyl (C=O) groups excluding carboxylic acids is 1. The fourth-order valence-corrected chi connectivity index (χ4v) is 2.24. The maximum absolute atomic E-state index is 12.5. The first-order valence-electron chi connectivity index (χ1n) is 8.43. The summed E-state index contributed by atoms with van der Waals surface area (Å²) in [7, 11) is 0. The number of carbonyl (C=O) groups is 1. The van der Waals surface area contributed by atoms with Gasteiger partial charge >= 0.3 is 0 Å². The van der Waals surface area contributed by atoms with Crippen molar-refractivity contribution in [3.8, 4) is 5.75 Å². The minimum absolute atomic E-state index is 0. The molecule has 0 aromatic heterocycles. The molecule has 5 heteroatoms. The lowest BCUT2D eigenvalue weighted by Crippen LogP contribution is -2.17. The number of hydrogen-bond acceptors (Lipinski definition) is 3. The van der Waals surface area contributed by atoms with Gasteiger partial charge in [-0.15, -0.1) is 12.4 Å². The van der Waals surface area contributed by atoms with Crippen molar-refractivity contribution >= 4 is 24.0 Å². The van der Waals surface area contributed by atoms with Crippen LogP contribution in [0.2, 0.25) is 0 Å². The number of benzene rings is 2. The fourth-order valence-electron chi connectivity index (χ4n) is 2.24. The summed E-state index contributed by atoms with van der Waals surface area (Å²) in [4.78, 5) is 12.5. The Morgan fingerprint density at radius 1 is 1.12 bits per heavy atom.